The summed E-state index contributed by atoms with van der Waals surface area (Å²) in [5, 5.41) is 0. The largest absolute Gasteiger partial charge is 0.444 e. The summed E-state index contributed by atoms with van der Waals surface area (Å²) in [4.78, 5) is 14.3. The molecule has 0 spiro atoms. The van der Waals surface area contributed by atoms with Crippen LogP contribution in [0.5, 0.6) is 0 Å². The van der Waals surface area contributed by atoms with Gasteiger partial charge in [0.25, 0.3) is 0 Å². The summed E-state index contributed by atoms with van der Waals surface area (Å²) in [6.07, 6.45) is 4.98. The number of rotatable bonds is 6. The van der Waals surface area contributed by atoms with Gasteiger partial charge in [0.2, 0.25) is 17.7 Å². The van der Waals surface area contributed by atoms with Crippen LogP contribution in [0.2, 0.25) is 0 Å². The van der Waals surface area contributed by atoms with E-state index in [1.807, 2.05) is 109 Å². The molecule has 4 aromatic carbocycles. The molecule has 0 aliphatic carbocycles. The lowest BCUT2D eigenvalue weighted by Crippen LogP contribution is -1.88. The van der Waals surface area contributed by atoms with Crippen LogP contribution in [0.3, 0.4) is 0 Å². The standard InChI is InChI=1S/C33H21N3O3/c1-4-10-22(11-5-1)28-19-37-31(34-28)25-16-26(32-35-29(20-38-32)23-12-6-2-7-13-23)18-27(17-25)33-36-30(21-39-33)24-14-8-3-9-15-24/h1-21H. The summed E-state index contributed by atoms with van der Waals surface area (Å²) in [6, 6.07) is 35.6. The van der Waals surface area contributed by atoms with Gasteiger partial charge in [-0.15, -0.1) is 0 Å². The van der Waals surface area contributed by atoms with Crippen molar-refractivity contribution in [2.45, 2.75) is 0 Å². The van der Waals surface area contributed by atoms with Gasteiger partial charge in [0.1, 0.15) is 35.9 Å². The van der Waals surface area contributed by atoms with Crippen LogP contribution >= 0.6 is 0 Å². The van der Waals surface area contributed by atoms with Gasteiger partial charge in [-0.25, -0.2) is 15.0 Å². The van der Waals surface area contributed by atoms with Crippen LogP contribution < -0.4 is 0 Å². The van der Waals surface area contributed by atoms with Gasteiger partial charge in [0.05, 0.1) is 0 Å². The summed E-state index contributed by atoms with van der Waals surface area (Å²) < 4.78 is 17.8. The Labute approximate surface area is 224 Å². The summed E-state index contributed by atoms with van der Waals surface area (Å²) in [6.45, 7) is 0. The first-order chi connectivity index (χ1) is 19.3. The zero-order valence-corrected chi connectivity index (χ0v) is 20.7. The van der Waals surface area contributed by atoms with Gasteiger partial charge in [-0.05, 0) is 18.2 Å². The topological polar surface area (TPSA) is 78.1 Å². The third-order valence-electron chi connectivity index (χ3n) is 6.40. The minimum Gasteiger partial charge on any atom is -0.444 e. The molecule has 3 heterocycles. The van der Waals surface area contributed by atoms with Crippen molar-refractivity contribution in [3.05, 3.63) is 128 Å². The van der Waals surface area contributed by atoms with Crippen LogP contribution in [0.1, 0.15) is 0 Å². The van der Waals surface area contributed by atoms with Gasteiger partial charge in [0, 0.05) is 33.4 Å². The lowest BCUT2D eigenvalue weighted by atomic mass is 10.0. The average Bonchev–Trinajstić information content (AvgIpc) is 3.80. The Morgan fingerprint density at radius 2 is 0.615 bits per heavy atom. The van der Waals surface area contributed by atoms with E-state index in [-0.39, 0.29) is 0 Å². The summed E-state index contributed by atoms with van der Waals surface area (Å²) in [5.41, 5.74) is 7.45. The van der Waals surface area contributed by atoms with Gasteiger partial charge >= 0.3 is 0 Å². The Bertz CT molecular complexity index is 1620. The van der Waals surface area contributed by atoms with Gasteiger partial charge in [-0.1, -0.05) is 91.0 Å². The van der Waals surface area contributed by atoms with E-state index < -0.39 is 0 Å². The van der Waals surface area contributed by atoms with Crippen LogP contribution in [0.25, 0.3) is 68.1 Å². The number of oxazole rings is 3. The number of hydrogen-bond acceptors (Lipinski definition) is 6. The molecule has 0 aliphatic rings. The molecule has 0 radical (unpaired) electrons. The van der Waals surface area contributed by atoms with Crippen LogP contribution in [0, 0.1) is 0 Å². The monoisotopic (exact) mass is 507 g/mol. The number of nitrogens with zero attached hydrogens (tertiary/aromatic N) is 3. The van der Waals surface area contributed by atoms with Crippen LogP contribution in [0.4, 0.5) is 0 Å². The van der Waals surface area contributed by atoms with Gasteiger partial charge in [0.15, 0.2) is 0 Å². The van der Waals surface area contributed by atoms with Crippen LogP contribution in [-0.4, -0.2) is 15.0 Å². The highest BCUT2D eigenvalue weighted by atomic mass is 16.3. The van der Waals surface area contributed by atoms with E-state index in [0.29, 0.717) is 17.7 Å². The third-order valence-corrected chi connectivity index (χ3v) is 6.40. The second-order valence-electron chi connectivity index (χ2n) is 9.01. The zero-order chi connectivity index (χ0) is 26.0. The first-order valence-electron chi connectivity index (χ1n) is 12.5. The molecule has 0 N–H and O–H groups in total. The van der Waals surface area contributed by atoms with E-state index in [9.17, 15) is 0 Å². The quantitative estimate of drug-likeness (QED) is 0.224. The molecule has 0 atom stereocenters. The number of aromatic nitrogens is 3. The molecule has 7 rings (SSSR count). The van der Waals surface area contributed by atoms with Crippen molar-refractivity contribution in [3.8, 4) is 68.1 Å². The molecule has 0 fully saturated rings. The predicted molar refractivity (Wildman–Crippen MR) is 149 cm³/mol. The van der Waals surface area contributed by atoms with Crippen molar-refractivity contribution in [1.82, 2.24) is 15.0 Å². The second-order valence-corrected chi connectivity index (χ2v) is 9.01. The molecule has 39 heavy (non-hydrogen) atoms. The van der Waals surface area contributed by atoms with Crippen LogP contribution in [-0.2, 0) is 0 Å². The molecule has 0 amide bonds. The van der Waals surface area contributed by atoms with Crippen molar-refractivity contribution in [1.29, 1.82) is 0 Å². The van der Waals surface area contributed by atoms with Gasteiger partial charge in [-0.3, -0.25) is 0 Å². The maximum absolute atomic E-state index is 5.92. The fourth-order valence-electron chi connectivity index (χ4n) is 4.44. The lowest BCUT2D eigenvalue weighted by Gasteiger charge is -2.04. The van der Waals surface area contributed by atoms with E-state index in [0.717, 1.165) is 50.5 Å². The first-order valence-corrected chi connectivity index (χ1v) is 12.5. The van der Waals surface area contributed by atoms with E-state index in [1.54, 1.807) is 18.8 Å². The van der Waals surface area contributed by atoms with E-state index in [1.165, 1.54) is 0 Å². The second kappa shape index (κ2) is 9.76. The fourth-order valence-corrected chi connectivity index (χ4v) is 4.44. The maximum Gasteiger partial charge on any atom is 0.226 e. The van der Waals surface area contributed by atoms with Crippen LogP contribution in [0.15, 0.2) is 141 Å². The van der Waals surface area contributed by atoms with Crippen molar-refractivity contribution in [2.24, 2.45) is 0 Å². The summed E-state index contributed by atoms with van der Waals surface area (Å²) in [7, 11) is 0. The Balaban J connectivity index is 1.33. The van der Waals surface area contributed by atoms with E-state index >= 15 is 0 Å². The fraction of sp³-hybridized carbons (Fsp3) is 0. The molecule has 3 aromatic heterocycles. The summed E-state index contributed by atoms with van der Waals surface area (Å²) in [5.74, 6) is 1.42. The van der Waals surface area contributed by atoms with Crippen molar-refractivity contribution in [3.63, 3.8) is 0 Å². The van der Waals surface area contributed by atoms with Crippen molar-refractivity contribution >= 4 is 0 Å². The summed E-state index contributed by atoms with van der Waals surface area (Å²) >= 11 is 0. The Hall–Kier alpha value is -5.49. The minimum absolute atomic E-state index is 0.474. The molecule has 6 heteroatoms. The third kappa shape index (κ3) is 4.55. The molecule has 0 saturated carbocycles. The van der Waals surface area contributed by atoms with Gasteiger partial charge in [-0.2, -0.15) is 0 Å². The predicted octanol–water partition coefficient (Wildman–Crippen LogP) is 8.65. The van der Waals surface area contributed by atoms with E-state index in [4.69, 9.17) is 28.2 Å². The Morgan fingerprint density at radius 1 is 0.333 bits per heavy atom. The Morgan fingerprint density at radius 3 is 0.897 bits per heavy atom. The highest BCUT2D eigenvalue weighted by Crippen LogP contribution is 2.35. The molecule has 0 bridgehead atoms. The molecular formula is C33H21N3O3. The van der Waals surface area contributed by atoms with Crippen molar-refractivity contribution < 1.29 is 13.3 Å². The molecule has 6 nitrogen and oxygen atoms in total. The SMILES string of the molecule is c1ccc(-c2coc(-c3cc(-c4nc(-c5ccccc5)co4)cc(-c4nc(-c5ccccc5)co4)c3)n2)cc1. The highest BCUT2D eigenvalue weighted by Gasteiger charge is 2.18. The maximum atomic E-state index is 5.92. The Kier molecular flexibility index (Phi) is 5.68. The molecular weight excluding hydrogens is 486 g/mol. The average molecular weight is 508 g/mol. The van der Waals surface area contributed by atoms with E-state index in [2.05, 4.69) is 0 Å². The van der Waals surface area contributed by atoms with Gasteiger partial charge < -0.3 is 13.3 Å². The zero-order valence-electron chi connectivity index (χ0n) is 20.7. The minimum atomic E-state index is 0.474. The normalized spacial score (nSPS) is 11.1. The highest BCUT2D eigenvalue weighted by molar-refractivity contribution is 5.76. The first kappa shape index (κ1) is 22.7. The smallest absolute Gasteiger partial charge is 0.226 e. The molecule has 7 aromatic rings. The lowest BCUT2D eigenvalue weighted by molar-refractivity contribution is 0.570. The molecule has 186 valence electrons. The number of benzene rings is 4. The number of hydrogen-bond donors (Lipinski definition) is 0. The van der Waals surface area contributed by atoms with Crippen molar-refractivity contribution in [2.75, 3.05) is 0 Å². The molecule has 0 unspecified atom stereocenters. The molecule has 0 aliphatic heterocycles. The molecule has 0 saturated heterocycles.